The van der Waals surface area contributed by atoms with E-state index < -0.39 is 0 Å². The molecule has 0 saturated carbocycles. The molecule has 0 aromatic heterocycles. The van der Waals surface area contributed by atoms with Gasteiger partial charge in [-0.15, -0.1) is 0 Å². The number of aliphatic hydroxyl groups excluding tert-OH is 2. The molecule has 2 saturated heterocycles. The van der Waals surface area contributed by atoms with Crippen LogP contribution in [-0.4, -0.2) is 58.9 Å². The van der Waals surface area contributed by atoms with Crippen LogP contribution in [0.2, 0.25) is 0 Å². The first-order valence-electron chi connectivity index (χ1n) is 17.6. The molecule has 0 bridgehead atoms. The van der Waals surface area contributed by atoms with Gasteiger partial charge in [0, 0.05) is 5.57 Å². The van der Waals surface area contributed by atoms with Gasteiger partial charge in [0.2, 0.25) is 0 Å². The van der Waals surface area contributed by atoms with Crippen LogP contribution in [0.15, 0.2) is 11.6 Å². The molecule has 6 heteroatoms. The third-order valence-electron chi connectivity index (χ3n) is 9.48. The van der Waals surface area contributed by atoms with E-state index in [0.29, 0.717) is 0 Å². The molecule has 0 radical (unpaired) electrons. The van der Waals surface area contributed by atoms with Crippen molar-refractivity contribution in [2.75, 3.05) is 0 Å². The van der Waals surface area contributed by atoms with Gasteiger partial charge in [-0.25, -0.2) is 4.79 Å². The van der Waals surface area contributed by atoms with Crippen molar-refractivity contribution in [2.45, 2.75) is 204 Å². The lowest BCUT2D eigenvalue weighted by molar-refractivity contribution is -0.139. The predicted octanol–water partition coefficient (Wildman–Crippen LogP) is 8.11. The fourth-order valence-corrected chi connectivity index (χ4v) is 6.90. The lowest BCUT2D eigenvalue weighted by atomic mass is 10.0. The summed E-state index contributed by atoms with van der Waals surface area (Å²) in [5.41, 5.74) is 0.858. The van der Waals surface area contributed by atoms with Crippen LogP contribution in [0, 0.1) is 0 Å². The Morgan fingerprint density at radius 3 is 1.56 bits per heavy atom. The van der Waals surface area contributed by atoms with Gasteiger partial charge in [-0.1, -0.05) is 103 Å². The van der Waals surface area contributed by atoms with Crippen LogP contribution < -0.4 is 0 Å². The van der Waals surface area contributed by atoms with E-state index in [4.69, 9.17) is 14.2 Å². The third-order valence-corrected chi connectivity index (χ3v) is 9.48. The monoisotopic (exact) mass is 578 g/mol. The minimum absolute atomic E-state index is 0.0514. The van der Waals surface area contributed by atoms with Gasteiger partial charge in [-0.2, -0.15) is 0 Å². The largest absolute Gasteiger partial charge is 0.455 e. The van der Waals surface area contributed by atoms with Crippen molar-refractivity contribution < 1.29 is 29.2 Å². The second-order valence-corrected chi connectivity index (χ2v) is 13.1. The van der Waals surface area contributed by atoms with Gasteiger partial charge in [0.1, 0.15) is 6.10 Å². The Bertz CT molecular complexity index is 738. The van der Waals surface area contributed by atoms with Gasteiger partial charge in [0.15, 0.2) is 0 Å². The molecule has 2 fully saturated rings. The van der Waals surface area contributed by atoms with Crippen LogP contribution in [-0.2, 0) is 19.0 Å². The highest BCUT2D eigenvalue weighted by Crippen LogP contribution is 2.34. The number of unbranched alkanes of at least 4 members (excludes halogenated alkanes) is 14. The molecule has 3 aliphatic rings. The highest BCUT2D eigenvalue weighted by atomic mass is 16.6. The highest BCUT2D eigenvalue weighted by molar-refractivity contribution is 5.90. The first-order valence-corrected chi connectivity index (χ1v) is 17.6. The SMILES string of the molecule is CCCCCCCCCC[C@@H](O)[C@H]1CC[C@H]([C@H]2CC[C@H]([C@H](O)CCCCCCCCCCC3=C[C@H](C)OC3=O)O2)O1. The summed E-state index contributed by atoms with van der Waals surface area (Å²) in [7, 11) is 0. The van der Waals surface area contributed by atoms with E-state index in [2.05, 4.69) is 6.92 Å². The average Bonchev–Trinajstić information content (AvgIpc) is 3.71. The fourth-order valence-electron chi connectivity index (χ4n) is 6.90. The Balaban J connectivity index is 1.14. The quantitative estimate of drug-likeness (QED) is 0.0941. The molecule has 0 aromatic rings. The number of ether oxygens (including phenoxy) is 3. The molecule has 0 aliphatic carbocycles. The van der Waals surface area contributed by atoms with Gasteiger partial charge >= 0.3 is 5.97 Å². The molecule has 0 spiro atoms. The number of cyclic esters (lactones) is 1. The van der Waals surface area contributed by atoms with E-state index in [9.17, 15) is 15.0 Å². The average molecular weight is 579 g/mol. The van der Waals surface area contributed by atoms with E-state index in [-0.39, 0.29) is 48.7 Å². The molecule has 238 valence electrons. The van der Waals surface area contributed by atoms with E-state index >= 15 is 0 Å². The Morgan fingerprint density at radius 1 is 0.683 bits per heavy atom. The third kappa shape index (κ3) is 13.1. The summed E-state index contributed by atoms with van der Waals surface area (Å²) in [4.78, 5) is 11.6. The Kier molecular flexibility index (Phi) is 16.9. The summed E-state index contributed by atoms with van der Waals surface area (Å²) >= 11 is 0. The van der Waals surface area contributed by atoms with E-state index in [1.165, 1.54) is 77.0 Å². The number of rotatable bonds is 23. The van der Waals surface area contributed by atoms with Crippen molar-refractivity contribution in [1.29, 1.82) is 0 Å². The molecule has 3 heterocycles. The normalized spacial score (nSPS) is 27.8. The van der Waals surface area contributed by atoms with Crippen molar-refractivity contribution in [1.82, 2.24) is 0 Å². The number of carbonyl (C=O) groups is 1. The standard InChI is InChI=1S/C35H62O6/c1-3-4-5-6-7-11-14-17-20-29(36)31-22-24-33(40-31)34-25-23-32(41-34)30(37)21-18-15-12-9-8-10-13-16-19-28-26-27(2)39-35(28)38/h26-27,29-34,36-37H,3-25H2,1-2H3/t27-,29+,30+,31+,32+,33+,34+/m0/s1. The number of hydrogen-bond acceptors (Lipinski definition) is 6. The maximum atomic E-state index is 11.6. The zero-order valence-electron chi connectivity index (χ0n) is 26.4. The molecule has 0 unspecified atom stereocenters. The van der Waals surface area contributed by atoms with Gasteiger partial charge in [-0.05, 0) is 64.4 Å². The molecule has 3 rings (SSSR count). The minimum atomic E-state index is -0.385. The first kappa shape index (κ1) is 34.5. The number of hydrogen-bond donors (Lipinski definition) is 2. The summed E-state index contributed by atoms with van der Waals surface area (Å²) in [5.74, 6) is -0.127. The van der Waals surface area contributed by atoms with E-state index in [1.807, 2.05) is 13.0 Å². The van der Waals surface area contributed by atoms with Gasteiger partial charge in [0.05, 0.1) is 36.6 Å². The molecule has 6 nitrogen and oxygen atoms in total. The van der Waals surface area contributed by atoms with E-state index in [1.54, 1.807) is 0 Å². The second-order valence-electron chi connectivity index (χ2n) is 13.1. The topological polar surface area (TPSA) is 85.2 Å². The van der Waals surface area contributed by atoms with Crippen LogP contribution in [0.3, 0.4) is 0 Å². The molecule has 3 aliphatic heterocycles. The van der Waals surface area contributed by atoms with Crippen LogP contribution >= 0.6 is 0 Å². The first-order chi connectivity index (χ1) is 20.0. The lowest BCUT2D eigenvalue weighted by Gasteiger charge is -2.24. The summed E-state index contributed by atoms with van der Waals surface area (Å²) in [6, 6.07) is 0. The molecular formula is C35H62O6. The van der Waals surface area contributed by atoms with Crippen LogP contribution in [0.4, 0.5) is 0 Å². The van der Waals surface area contributed by atoms with Gasteiger partial charge < -0.3 is 24.4 Å². The molecule has 7 atom stereocenters. The molecule has 0 aromatic carbocycles. The lowest BCUT2D eigenvalue weighted by Crippen LogP contribution is -2.33. The van der Waals surface area contributed by atoms with E-state index in [0.717, 1.165) is 76.2 Å². The van der Waals surface area contributed by atoms with Crippen molar-refractivity contribution in [3.8, 4) is 0 Å². The zero-order valence-corrected chi connectivity index (χ0v) is 26.4. The second kappa shape index (κ2) is 20.1. The molecular weight excluding hydrogens is 516 g/mol. The fraction of sp³-hybridized carbons (Fsp3) is 0.914. The summed E-state index contributed by atoms with van der Waals surface area (Å²) in [6.07, 6.45) is 27.0. The summed E-state index contributed by atoms with van der Waals surface area (Å²) in [5, 5.41) is 21.4. The highest BCUT2D eigenvalue weighted by Gasteiger charge is 2.40. The van der Waals surface area contributed by atoms with Crippen molar-refractivity contribution in [3.05, 3.63) is 11.6 Å². The van der Waals surface area contributed by atoms with Crippen molar-refractivity contribution in [2.24, 2.45) is 0 Å². The number of aliphatic hydroxyl groups is 2. The van der Waals surface area contributed by atoms with Crippen molar-refractivity contribution >= 4 is 5.97 Å². The van der Waals surface area contributed by atoms with Crippen LogP contribution in [0.1, 0.15) is 162 Å². The molecule has 41 heavy (non-hydrogen) atoms. The van der Waals surface area contributed by atoms with Gasteiger partial charge in [-0.3, -0.25) is 0 Å². The Labute approximate surface area is 251 Å². The summed E-state index contributed by atoms with van der Waals surface area (Å²) in [6.45, 7) is 4.17. The Hall–Kier alpha value is -0.950. The maximum absolute atomic E-state index is 11.6. The van der Waals surface area contributed by atoms with Crippen molar-refractivity contribution in [3.63, 3.8) is 0 Å². The minimum Gasteiger partial charge on any atom is -0.455 e. The molecule has 2 N–H and O–H groups in total. The van der Waals surface area contributed by atoms with Crippen LogP contribution in [0.25, 0.3) is 0 Å². The smallest absolute Gasteiger partial charge is 0.334 e. The number of carbonyl (C=O) groups excluding carboxylic acids is 1. The number of esters is 1. The zero-order chi connectivity index (χ0) is 29.3. The Morgan fingerprint density at radius 2 is 1.12 bits per heavy atom. The van der Waals surface area contributed by atoms with Crippen LogP contribution in [0.5, 0.6) is 0 Å². The molecule has 0 amide bonds. The predicted molar refractivity (Wildman–Crippen MR) is 165 cm³/mol. The summed E-state index contributed by atoms with van der Waals surface area (Å²) < 4.78 is 17.7. The van der Waals surface area contributed by atoms with Gasteiger partial charge in [0.25, 0.3) is 0 Å². The maximum Gasteiger partial charge on any atom is 0.334 e.